The number of nitrogen functional groups attached to an aromatic ring is 1. The molecule has 1 aromatic heterocycles. The van der Waals surface area contributed by atoms with E-state index in [2.05, 4.69) is 4.90 Å². The standard InChI is InChI=1S/C21H18FN3O/c22-16-7-2-1-4-13(16)14-5-3-6-15-20(23)19-17(24-21(14)15)10-25(12-8-9-12)18(19)11-26/h1-7,11-12,18H,8-10H2,(H2,23,24). The molecule has 3 aromatic rings. The van der Waals surface area contributed by atoms with E-state index in [1.807, 2.05) is 24.3 Å². The summed E-state index contributed by atoms with van der Waals surface area (Å²) in [7, 11) is 0. The molecule has 2 heterocycles. The summed E-state index contributed by atoms with van der Waals surface area (Å²) in [5.74, 6) is -0.286. The molecular formula is C21H18FN3O. The lowest BCUT2D eigenvalue weighted by Gasteiger charge is -2.19. The van der Waals surface area contributed by atoms with E-state index in [9.17, 15) is 9.18 Å². The second kappa shape index (κ2) is 5.61. The SMILES string of the molecule is Nc1c2c(nc3c(-c4ccccc4F)cccc13)CN(C1CC1)C2C=O. The number of pyridine rings is 1. The van der Waals surface area contributed by atoms with Crippen LogP contribution < -0.4 is 5.73 Å². The third kappa shape index (κ3) is 2.17. The maximum atomic E-state index is 14.4. The second-order valence-electron chi connectivity index (χ2n) is 7.05. The van der Waals surface area contributed by atoms with Crippen LogP contribution in [0.5, 0.6) is 0 Å². The van der Waals surface area contributed by atoms with Crippen LogP contribution >= 0.6 is 0 Å². The van der Waals surface area contributed by atoms with E-state index in [0.29, 0.717) is 29.4 Å². The number of hydrogen-bond donors (Lipinski definition) is 1. The van der Waals surface area contributed by atoms with Gasteiger partial charge in [-0.15, -0.1) is 0 Å². The highest BCUT2D eigenvalue weighted by Crippen LogP contribution is 2.45. The molecule has 2 aliphatic rings. The Hall–Kier alpha value is -2.79. The summed E-state index contributed by atoms with van der Waals surface area (Å²) in [5, 5.41) is 0.772. The summed E-state index contributed by atoms with van der Waals surface area (Å²) in [6.45, 7) is 0.620. The van der Waals surface area contributed by atoms with Gasteiger partial charge in [-0.05, 0) is 18.9 Å². The van der Waals surface area contributed by atoms with E-state index in [1.165, 1.54) is 6.07 Å². The normalized spacial score (nSPS) is 19.7. The Labute approximate surface area is 150 Å². The molecule has 2 N–H and O–H groups in total. The molecule has 0 amide bonds. The highest BCUT2D eigenvalue weighted by atomic mass is 19.1. The van der Waals surface area contributed by atoms with Gasteiger partial charge in [0.2, 0.25) is 0 Å². The van der Waals surface area contributed by atoms with Gasteiger partial charge in [0.25, 0.3) is 0 Å². The minimum Gasteiger partial charge on any atom is -0.398 e. The number of anilines is 1. The summed E-state index contributed by atoms with van der Waals surface area (Å²) in [4.78, 5) is 18.8. The van der Waals surface area contributed by atoms with Gasteiger partial charge in [-0.1, -0.05) is 36.4 Å². The number of carbonyl (C=O) groups is 1. The number of para-hydroxylation sites is 1. The quantitative estimate of drug-likeness (QED) is 0.731. The van der Waals surface area contributed by atoms with Crippen molar-refractivity contribution in [2.75, 3.05) is 5.73 Å². The summed E-state index contributed by atoms with van der Waals surface area (Å²) in [6, 6.07) is 12.4. The average Bonchev–Trinajstić information content (AvgIpc) is 3.43. The first-order valence-corrected chi connectivity index (χ1v) is 8.86. The number of halogens is 1. The zero-order valence-electron chi connectivity index (χ0n) is 14.2. The zero-order chi connectivity index (χ0) is 17.8. The van der Waals surface area contributed by atoms with Gasteiger partial charge in [-0.25, -0.2) is 4.39 Å². The van der Waals surface area contributed by atoms with Crippen molar-refractivity contribution in [1.29, 1.82) is 0 Å². The van der Waals surface area contributed by atoms with Crippen LogP contribution in [0.1, 0.15) is 30.1 Å². The predicted molar refractivity (Wildman–Crippen MR) is 98.9 cm³/mol. The monoisotopic (exact) mass is 347 g/mol. The largest absolute Gasteiger partial charge is 0.398 e. The zero-order valence-corrected chi connectivity index (χ0v) is 14.2. The van der Waals surface area contributed by atoms with E-state index in [1.54, 1.807) is 12.1 Å². The molecule has 5 rings (SSSR count). The minimum absolute atomic E-state index is 0.286. The van der Waals surface area contributed by atoms with Gasteiger partial charge in [0.05, 0.1) is 17.3 Å². The average molecular weight is 347 g/mol. The predicted octanol–water partition coefficient (Wildman–Crippen LogP) is 3.84. The highest BCUT2D eigenvalue weighted by molar-refractivity contribution is 6.02. The summed E-state index contributed by atoms with van der Waals surface area (Å²) in [5.41, 5.74) is 10.7. The van der Waals surface area contributed by atoms with Gasteiger partial charge in [0, 0.05) is 40.4 Å². The van der Waals surface area contributed by atoms with Crippen molar-refractivity contribution in [2.24, 2.45) is 0 Å². The van der Waals surface area contributed by atoms with Crippen LogP contribution in [0, 0.1) is 5.82 Å². The van der Waals surface area contributed by atoms with Gasteiger partial charge in [0.15, 0.2) is 0 Å². The molecule has 0 spiro atoms. The number of carbonyl (C=O) groups excluding carboxylic acids is 1. The molecular weight excluding hydrogens is 329 g/mol. The summed E-state index contributed by atoms with van der Waals surface area (Å²) < 4.78 is 14.4. The van der Waals surface area contributed by atoms with Crippen LogP contribution in [0.15, 0.2) is 42.5 Å². The fraction of sp³-hybridized carbons (Fsp3) is 0.238. The van der Waals surface area contributed by atoms with Crippen LogP contribution in [0.4, 0.5) is 10.1 Å². The Kier molecular flexibility index (Phi) is 3.34. The first-order valence-electron chi connectivity index (χ1n) is 8.86. The Morgan fingerprint density at radius 1 is 1.12 bits per heavy atom. The van der Waals surface area contributed by atoms with Gasteiger partial charge in [-0.2, -0.15) is 0 Å². The maximum absolute atomic E-state index is 14.4. The van der Waals surface area contributed by atoms with Gasteiger partial charge < -0.3 is 10.5 Å². The molecule has 2 aromatic carbocycles. The number of aldehydes is 1. The van der Waals surface area contributed by atoms with Crippen LogP contribution in [-0.4, -0.2) is 22.2 Å². The number of rotatable bonds is 3. The number of nitrogens with zero attached hydrogens (tertiary/aromatic N) is 2. The smallest absolute Gasteiger partial charge is 0.141 e. The van der Waals surface area contributed by atoms with E-state index in [0.717, 1.165) is 41.3 Å². The molecule has 1 aliphatic heterocycles. The molecule has 5 heteroatoms. The molecule has 26 heavy (non-hydrogen) atoms. The van der Waals surface area contributed by atoms with E-state index in [-0.39, 0.29) is 11.9 Å². The minimum atomic E-state index is -0.327. The Morgan fingerprint density at radius 2 is 1.88 bits per heavy atom. The summed E-state index contributed by atoms with van der Waals surface area (Å²) >= 11 is 0. The van der Waals surface area contributed by atoms with Crippen molar-refractivity contribution in [3.63, 3.8) is 0 Å². The first-order chi connectivity index (χ1) is 12.7. The first kappa shape index (κ1) is 15.5. The van der Waals surface area contributed by atoms with Crippen molar-refractivity contribution >= 4 is 22.9 Å². The lowest BCUT2D eigenvalue weighted by atomic mass is 9.97. The molecule has 1 saturated carbocycles. The van der Waals surface area contributed by atoms with Crippen LogP contribution in [0.3, 0.4) is 0 Å². The molecule has 1 fully saturated rings. The Bertz CT molecular complexity index is 1040. The van der Waals surface area contributed by atoms with Crippen LogP contribution in [0.2, 0.25) is 0 Å². The number of benzene rings is 2. The van der Waals surface area contributed by atoms with Crippen molar-refractivity contribution < 1.29 is 9.18 Å². The molecule has 0 radical (unpaired) electrons. The van der Waals surface area contributed by atoms with Crippen molar-refractivity contribution in [3.8, 4) is 11.1 Å². The fourth-order valence-corrected chi connectivity index (χ4v) is 4.07. The number of nitrogens with two attached hydrogens (primary N) is 1. The molecule has 1 atom stereocenters. The van der Waals surface area contributed by atoms with Crippen molar-refractivity contribution in [1.82, 2.24) is 9.88 Å². The van der Waals surface area contributed by atoms with Gasteiger partial charge in [-0.3, -0.25) is 9.88 Å². The molecule has 1 aliphatic carbocycles. The van der Waals surface area contributed by atoms with Gasteiger partial charge >= 0.3 is 0 Å². The van der Waals surface area contributed by atoms with Crippen molar-refractivity contribution in [2.45, 2.75) is 31.5 Å². The maximum Gasteiger partial charge on any atom is 0.141 e. The third-order valence-corrected chi connectivity index (χ3v) is 5.47. The lowest BCUT2D eigenvalue weighted by molar-refractivity contribution is -0.112. The Morgan fingerprint density at radius 3 is 2.62 bits per heavy atom. The summed E-state index contributed by atoms with van der Waals surface area (Å²) in [6.07, 6.45) is 3.19. The fourth-order valence-electron chi connectivity index (χ4n) is 4.07. The van der Waals surface area contributed by atoms with E-state index < -0.39 is 0 Å². The van der Waals surface area contributed by atoms with Gasteiger partial charge in [0.1, 0.15) is 12.1 Å². The van der Waals surface area contributed by atoms with E-state index >= 15 is 0 Å². The molecule has 0 saturated heterocycles. The van der Waals surface area contributed by atoms with Crippen LogP contribution in [0.25, 0.3) is 22.0 Å². The van der Waals surface area contributed by atoms with E-state index in [4.69, 9.17) is 10.7 Å². The second-order valence-corrected chi connectivity index (χ2v) is 7.05. The molecule has 0 bridgehead atoms. The third-order valence-electron chi connectivity index (χ3n) is 5.47. The lowest BCUT2D eigenvalue weighted by Crippen LogP contribution is -2.25. The number of hydrogen-bond acceptors (Lipinski definition) is 4. The molecule has 1 unspecified atom stereocenters. The topological polar surface area (TPSA) is 59.2 Å². The molecule has 4 nitrogen and oxygen atoms in total. The number of fused-ring (bicyclic) bond motifs is 2. The highest BCUT2D eigenvalue weighted by Gasteiger charge is 2.42. The number of aromatic nitrogens is 1. The molecule has 130 valence electrons. The van der Waals surface area contributed by atoms with Crippen molar-refractivity contribution in [3.05, 3.63) is 59.5 Å². The Balaban J connectivity index is 1.76. The van der Waals surface area contributed by atoms with Crippen LogP contribution in [-0.2, 0) is 11.3 Å².